The van der Waals surface area contributed by atoms with E-state index in [1.165, 1.54) is 19.3 Å². The van der Waals surface area contributed by atoms with Gasteiger partial charge in [0.1, 0.15) is 5.75 Å². The first-order valence-corrected chi connectivity index (χ1v) is 7.39. The highest BCUT2D eigenvalue weighted by Gasteiger charge is 2.16. The predicted molar refractivity (Wildman–Crippen MR) is 80.1 cm³/mol. The van der Waals surface area contributed by atoms with Gasteiger partial charge in [0.2, 0.25) is 0 Å². The lowest BCUT2D eigenvalue weighted by Gasteiger charge is -2.29. The Morgan fingerprint density at radius 2 is 2.05 bits per heavy atom. The topological polar surface area (TPSA) is 52.6 Å². The van der Waals surface area contributed by atoms with Crippen molar-refractivity contribution in [3.63, 3.8) is 0 Å². The van der Waals surface area contributed by atoms with Crippen molar-refractivity contribution in [1.29, 1.82) is 0 Å². The molecule has 1 aromatic rings. The number of phenols is 1. The van der Waals surface area contributed by atoms with Gasteiger partial charge >= 0.3 is 0 Å². The summed E-state index contributed by atoms with van der Waals surface area (Å²) in [7, 11) is 0. The molecule has 20 heavy (non-hydrogen) atoms. The molecule has 0 aromatic heterocycles. The van der Waals surface area contributed by atoms with E-state index in [4.69, 9.17) is 0 Å². The highest BCUT2D eigenvalue weighted by molar-refractivity contribution is 5.94. The second-order valence-electron chi connectivity index (χ2n) is 5.74. The standard InChI is InChI=1S/C16H24N2O2/c1-12-10-14(6-7-15(12)19)16(20)17-13(2)11-18-8-4-3-5-9-18/h6-7,10,13,19H,3-5,8-9,11H2,1-2H3,(H,17,20). The van der Waals surface area contributed by atoms with Gasteiger partial charge in [0.05, 0.1) is 0 Å². The Kier molecular flexibility index (Phi) is 5.01. The quantitative estimate of drug-likeness (QED) is 0.887. The van der Waals surface area contributed by atoms with Crippen molar-refractivity contribution in [3.8, 4) is 5.75 Å². The van der Waals surface area contributed by atoms with Crippen molar-refractivity contribution in [2.24, 2.45) is 0 Å². The first kappa shape index (κ1) is 14.9. The number of carbonyl (C=O) groups excluding carboxylic acids is 1. The summed E-state index contributed by atoms with van der Waals surface area (Å²) in [4.78, 5) is 14.6. The van der Waals surface area contributed by atoms with Crippen LogP contribution >= 0.6 is 0 Å². The van der Waals surface area contributed by atoms with Crippen molar-refractivity contribution < 1.29 is 9.90 Å². The van der Waals surface area contributed by atoms with Gasteiger partial charge in [0.25, 0.3) is 5.91 Å². The smallest absolute Gasteiger partial charge is 0.251 e. The summed E-state index contributed by atoms with van der Waals surface area (Å²) in [5.74, 6) is 0.153. The van der Waals surface area contributed by atoms with Crippen LogP contribution in [-0.2, 0) is 0 Å². The summed E-state index contributed by atoms with van der Waals surface area (Å²) in [6.07, 6.45) is 3.85. The molecule has 0 saturated carbocycles. The zero-order chi connectivity index (χ0) is 14.5. The molecule has 1 aliphatic rings. The van der Waals surface area contributed by atoms with E-state index in [1.807, 2.05) is 6.92 Å². The third kappa shape index (κ3) is 3.97. The van der Waals surface area contributed by atoms with E-state index < -0.39 is 0 Å². The number of aromatic hydroxyl groups is 1. The zero-order valence-corrected chi connectivity index (χ0v) is 12.4. The van der Waals surface area contributed by atoms with Gasteiger partial charge in [-0.15, -0.1) is 0 Å². The number of phenolic OH excluding ortho intramolecular Hbond substituents is 1. The molecule has 1 aromatic carbocycles. The summed E-state index contributed by atoms with van der Waals surface area (Å²) < 4.78 is 0. The number of rotatable bonds is 4. The first-order valence-electron chi connectivity index (χ1n) is 7.39. The number of hydrogen-bond donors (Lipinski definition) is 2. The fourth-order valence-corrected chi connectivity index (χ4v) is 2.68. The Balaban J connectivity index is 1.87. The Morgan fingerprint density at radius 3 is 2.70 bits per heavy atom. The fraction of sp³-hybridized carbons (Fsp3) is 0.562. The normalized spacial score (nSPS) is 17.7. The van der Waals surface area contributed by atoms with Gasteiger partial charge in [-0.3, -0.25) is 4.79 Å². The molecule has 1 atom stereocenters. The molecular formula is C16H24N2O2. The lowest BCUT2D eigenvalue weighted by atomic mass is 10.1. The van der Waals surface area contributed by atoms with Crippen LogP contribution in [0.4, 0.5) is 0 Å². The van der Waals surface area contributed by atoms with Crippen LogP contribution in [0, 0.1) is 6.92 Å². The van der Waals surface area contributed by atoms with Crippen LogP contribution < -0.4 is 5.32 Å². The molecule has 0 bridgehead atoms. The first-order chi connectivity index (χ1) is 9.56. The number of hydrogen-bond acceptors (Lipinski definition) is 3. The van der Waals surface area contributed by atoms with Crippen molar-refractivity contribution in [3.05, 3.63) is 29.3 Å². The van der Waals surface area contributed by atoms with Gasteiger partial charge < -0.3 is 15.3 Å². The maximum atomic E-state index is 12.1. The summed E-state index contributed by atoms with van der Waals surface area (Å²) >= 11 is 0. The van der Waals surface area contributed by atoms with Crippen LogP contribution in [0.2, 0.25) is 0 Å². The maximum absolute atomic E-state index is 12.1. The number of likely N-dealkylation sites (tertiary alicyclic amines) is 1. The number of nitrogens with one attached hydrogen (secondary N) is 1. The minimum atomic E-state index is -0.0717. The fourth-order valence-electron chi connectivity index (χ4n) is 2.68. The van der Waals surface area contributed by atoms with Crippen LogP contribution in [0.15, 0.2) is 18.2 Å². The number of nitrogens with zero attached hydrogens (tertiary/aromatic N) is 1. The molecule has 110 valence electrons. The number of carbonyl (C=O) groups is 1. The lowest BCUT2D eigenvalue weighted by molar-refractivity contribution is 0.0925. The predicted octanol–water partition coefficient (Wildman–Crippen LogP) is 2.30. The minimum Gasteiger partial charge on any atom is -0.508 e. The molecule has 0 radical (unpaired) electrons. The Bertz CT molecular complexity index is 468. The van der Waals surface area contributed by atoms with Gasteiger partial charge in [-0.2, -0.15) is 0 Å². The molecule has 4 nitrogen and oxygen atoms in total. The van der Waals surface area contributed by atoms with Crippen LogP contribution in [-0.4, -0.2) is 41.6 Å². The lowest BCUT2D eigenvalue weighted by Crippen LogP contribution is -2.43. The molecule has 1 unspecified atom stereocenters. The summed E-state index contributed by atoms with van der Waals surface area (Å²) in [5, 5.41) is 12.5. The van der Waals surface area contributed by atoms with Gasteiger partial charge in [0, 0.05) is 18.2 Å². The minimum absolute atomic E-state index is 0.0717. The van der Waals surface area contributed by atoms with E-state index in [-0.39, 0.29) is 17.7 Å². The molecule has 4 heteroatoms. The third-order valence-electron chi connectivity index (χ3n) is 3.82. The summed E-state index contributed by atoms with van der Waals surface area (Å²) in [6.45, 7) is 7.02. The Hall–Kier alpha value is -1.55. The van der Waals surface area contributed by atoms with Crippen molar-refractivity contribution in [1.82, 2.24) is 10.2 Å². The van der Waals surface area contributed by atoms with E-state index >= 15 is 0 Å². The van der Waals surface area contributed by atoms with Gasteiger partial charge in [-0.1, -0.05) is 6.42 Å². The van der Waals surface area contributed by atoms with E-state index in [0.29, 0.717) is 5.56 Å². The van der Waals surface area contributed by atoms with Gasteiger partial charge in [-0.25, -0.2) is 0 Å². The highest BCUT2D eigenvalue weighted by atomic mass is 16.3. The number of aryl methyl sites for hydroxylation is 1. The van der Waals surface area contributed by atoms with Crippen LogP contribution in [0.25, 0.3) is 0 Å². The average Bonchev–Trinajstić information content (AvgIpc) is 2.42. The van der Waals surface area contributed by atoms with Gasteiger partial charge in [-0.05, 0) is 63.5 Å². The molecule has 0 aliphatic carbocycles. The number of benzene rings is 1. The molecule has 1 aliphatic heterocycles. The second kappa shape index (κ2) is 6.75. The molecule has 2 N–H and O–H groups in total. The van der Waals surface area contributed by atoms with E-state index in [9.17, 15) is 9.90 Å². The van der Waals surface area contributed by atoms with E-state index in [2.05, 4.69) is 10.2 Å². The Morgan fingerprint density at radius 1 is 1.35 bits per heavy atom. The van der Waals surface area contributed by atoms with Crippen LogP contribution in [0.5, 0.6) is 5.75 Å². The van der Waals surface area contributed by atoms with Crippen molar-refractivity contribution >= 4 is 5.91 Å². The van der Waals surface area contributed by atoms with E-state index in [0.717, 1.165) is 25.2 Å². The molecule has 1 saturated heterocycles. The molecule has 1 heterocycles. The monoisotopic (exact) mass is 276 g/mol. The largest absolute Gasteiger partial charge is 0.508 e. The summed E-state index contributed by atoms with van der Waals surface area (Å²) in [6, 6.07) is 5.08. The molecular weight excluding hydrogens is 252 g/mol. The second-order valence-corrected chi connectivity index (χ2v) is 5.74. The SMILES string of the molecule is Cc1cc(C(=O)NC(C)CN2CCCCC2)ccc1O. The number of piperidine rings is 1. The third-order valence-corrected chi connectivity index (χ3v) is 3.82. The molecule has 0 spiro atoms. The maximum Gasteiger partial charge on any atom is 0.251 e. The van der Waals surface area contributed by atoms with Crippen molar-refractivity contribution in [2.45, 2.75) is 39.2 Å². The molecule has 2 rings (SSSR count). The number of amides is 1. The zero-order valence-electron chi connectivity index (χ0n) is 12.4. The van der Waals surface area contributed by atoms with Crippen LogP contribution in [0.1, 0.15) is 42.1 Å². The summed E-state index contributed by atoms with van der Waals surface area (Å²) in [5.41, 5.74) is 1.33. The van der Waals surface area contributed by atoms with Gasteiger partial charge in [0.15, 0.2) is 0 Å². The molecule has 1 amide bonds. The highest BCUT2D eigenvalue weighted by Crippen LogP contribution is 2.17. The average molecular weight is 276 g/mol. The molecule has 1 fully saturated rings. The van der Waals surface area contributed by atoms with E-state index in [1.54, 1.807) is 25.1 Å². The Labute approximate surface area is 120 Å². The van der Waals surface area contributed by atoms with Crippen molar-refractivity contribution in [2.75, 3.05) is 19.6 Å². The van der Waals surface area contributed by atoms with Crippen LogP contribution in [0.3, 0.4) is 0 Å².